The van der Waals surface area contributed by atoms with Gasteiger partial charge in [-0.15, -0.1) is 0 Å². The van der Waals surface area contributed by atoms with E-state index in [2.05, 4.69) is 135 Å². The molecule has 0 radical (unpaired) electrons. The van der Waals surface area contributed by atoms with Crippen molar-refractivity contribution < 1.29 is 0 Å². The molecule has 0 amide bonds. The Bertz CT molecular complexity index is 1110. The van der Waals surface area contributed by atoms with Crippen molar-refractivity contribution in [1.82, 2.24) is 0 Å². The quantitative estimate of drug-likeness (QED) is 0.273. The van der Waals surface area contributed by atoms with E-state index in [1.54, 1.807) is 0 Å². The number of benzene rings is 4. The zero-order valence-corrected chi connectivity index (χ0v) is 18.0. The first-order valence-corrected chi connectivity index (χ1v) is 12.2. The predicted octanol–water partition coefficient (Wildman–Crippen LogP) is 6.35. The predicted molar refractivity (Wildman–Crippen MR) is 133 cm³/mol. The Balaban J connectivity index is 2.19. The maximum atomic E-state index is 2.35. The van der Waals surface area contributed by atoms with E-state index in [4.69, 9.17) is 0 Å². The van der Waals surface area contributed by atoms with Gasteiger partial charge in [0, 0.05) is 0 Å². The fourth-order valence-corrected chi connectivity index (χ4v) is 9.44. The molecule has 0 aliphatic heterocycles. The molecule has 0 aliphatic carbocycles. The van der Waals surface area contributed by atoms with E-state index in [9.17, 15) is 0 Å². The standard InChI is InChI=1S/C28H27P/c1-3-4-14-23(2)29(25-17-7-5-8-18-25,26-19-9-6-10-20-26)28-22-13-16-24-15-11-12-21-27(24)28/h3-22,29H,1-2H3/b4-3-,23-14+. The minimum absolute atomic E-state index is 1.30. The molecule has 0 N–H and O–H groups in total. The summed E-state index contributed by atoms with van der Waals surface area (Å²) in [6.45, 7) is 4.39. The van der Waals surface area contributed by atoms with Crippen LogP contribution in [0.1, 0.15) is 13.8 Å². The summed E-state index contributed by atoms with van der Waals surface area (Å²) in [6.07, 6.45) is 6.60. The van der Waals surface area contributed by atoms with Crippen molar-refractivity contribution in [1.29, 1.82) is 0 Å². The van der Waals surface area contributed by atoms with Crippen LogP contribution < -0.4 is 15.9 Å². The first-order valence-electron chi connectivity index (χ1n) is 10.2. The number of hydrogen-bond acceptors (Lipinski definition) is 0. The Labute approximate surface area is 174 Å². The molecule has 4 aromatic carbocycles. The van der Waals surface area contributed by atoms with Crippen molar-refractivity contribution in [2.24, 2.45) is 0 Å². The van der Waals surface area contributed by atoms with Crippen LogP contribution >= 0.6 is 7.26 Å². The molecule has 1 heteroatoms. The first-order chi connectivity index (χ1) is 14.3. The third-order valence-electron chi connectivity index (χ3n) is 5.74. The van der Waals surface area contributed by atoms with Gasteiger partial charge in [0.1, 0.15) is 0 Å². The van der Waals surface area contributed by atoms with Gasteiger partial charge >= 0.3 is 174 Å². The number of rotatable bonds is 5. The fourth-order valence-electron chi connectivity index (χ4n) is 4.44. The summed E-state index contributed by atoms with van der Waals surface area (Å²) in [4.78, 5) is 0. The van der Waals surface area contributed by atoms with Crippen LogP contribution in [-0.2, 0) is 0 Å². The van der Waals surface area contributed by atoms with Gasteiger partial charge in [-0.05, 0) is 0 Å². The number of hydrogen-bond donors (Lipinski definition) is 0. The molecule has 0 bridgehead atoms. The van der Waals surface area contributed by atoms with Gasteiger partial charge < -0.3 is 0 Å². The van der Waals surface area contributed by atoms with E-state index >= 15 is 0 Å². The Morgan fingerprint density at radius 2 is 1.21 bits per heavy atom. The second-order valence-corrected chi connectivity index (χ2v) is 11.4. The summed E-state index contributed by atoms with van der Waals surface area (Å²) in [5.74, 6) is 0. The van der Waals surface area contributed by atoms with Gasteiger partial charge in [0.15, 0.2) is 0 Å². The van der Waals surface area contributed by atoms with E-state index in [-0.39, 0.29) is 0 Å². The van der Waals surface area contributed by atoms with E-state index in [0.29, 0.717) is 0 Å². The Hall–Kier alpha value is -2.95. The molecule has 0 spiro atoms. The Kier molecular flexibility index (Phi) is 5.74. The second-order valence-electron chi connectivity index (χ2n) is 7.38. The molecule has 0 fully saturated rings. The molecule has 0 unspecified atom stereocenters. The van der Waals surface area contributed by atoms with Crippen LogP contribution in [0.15, 0.2) is 127 Å². The second kappa shape index (κ2) is 8.60. The monoisotopic (exact) mass is 394 g/mol. The van der Waals surface area contributed by atoms with Crippen molar-refractivity contribution in [3.8, 4) is 0 Å². The van der Waals surface area contributed by atoms with Gasteiger partial charge in [-0.3, -0.25) is 0 Å². The summed E-state index contributed by atoms with van der Waals surface area (Å²) >= 11 is 0. The van der Waals surface area contributed by atoms with Gasteiger partial charge in [-0.25, -0.2) is 0 Å². The van der Waals surface area contributed by atoms with Crippen molar-refractivity contribution in [3.05, 3.63) is 127 Å². The van der Waals surface area contributed by atoms with Gasteiger partial charge in [0.2, 0.25) is 0 Å². The van der Waals surface area contributed by atoms with Crippen LogP contribution in [0.25, 0.3) is 10.8 Å². The van der Waals surface area contributed by atoms with Crippen LogP contribution in [0, 0.1) is 0 Å². The van der Waals surface area contributed by atoms with E-state index in [1.165, 1.54) is 32.0 Å². The van der Waals surface area contributed by atoms with E-state index in [0.717, 1.165) is 0 Å². The van der Waals surface area contributed by atoms with Crippen LogP contribution in [0.3, 0.4) is 0 Å². The summed E-state index contributed by atoms with van der Waals surface area (Å²) in [5, 5.41) is 8.37. The molecular formula is C28H27P. The van der Waals surface area contributed by atoms with E-state index < -0.39 is 7.26 Å². The Morgan fingerprint density at radius 1 is 0.655 bits per heavy atom. The number of allylic oxidation sites excluding steroid dienone is 4. The summed E-state index contributed by atoms with van der Waals surface area (Å²) in [5.41, 5.74) is 0. The third kappa shape index (κ3) is 3.46. The molecule has 29 heavy (non-hydrogen) atoms. The molecule has 0 saturated heterocycles. The van der Waals surface area contributed by atoms with Crippen molar-refractivity contribution in [2.45, 2.75) is 13.8 Å². The third-order valence-corrected chi connectivity index (χ3v) is 10.7. The molecule has 144 valence electrons. The molecule has 0 aliphatic rings. The zero-order chi connectivity index (χ0) is 20.1. The maximum absolute atomic E-state index is 2.42. The molecule has 0 nitrogen and oxygen atoms in total. The summed E-state index contributed by atoms with van der Waals surface area (Å²) < 4.78 is 0. The van der Waals surface area contributed by atoms with Crippen molar-refractivity contribution in [2.75, 3.05) is 0 Å². The van der Waals surface area contributed by atoms with Gasteiger partial charge in [-0.1, -0.05) is 0 Å². The molecular weight excluding hydrogens is 367 g/mol. The molecule has 4 rings (SSSR count). The Morgan fingerprint density at radius 3 is 1.83 bits per heavy atom. The molecule has 0 saturated carbocycles. The van der Waals surface area contributed by atoms with Crippen LogP contribution in [0.5, 0.6) is 0 Å². The average molecular weight is 394 g/mol. The van der Waals surface area contributed by atoms with Crippen molar-refractivity contribution >= 4 is 33.9 Å². The average Bonchev–Trinajstić information content (AvgIpc) is 2.80. The first kappa shape index (κ1) is 19.4. The van der Waals surface area contributed by atoms with Crippen LogP contribution in [-0.4, -0.2) is 0 Å². The minimum atomic E-state index is -2.42. The summed E-state index contributed by atoms with van der Waals surface area (Å²) in [7, 11) is -2.42. The van der Waals surface area contributed by atoms with E-state index in [1.807, 2.05) is 0 Å². The normalized spacial score (nSPS) is 13.1. The van der Waals surface area contributed by atoms with Gasteiger partial charge in [-0.2, -0.15) is 0 Å². The van der Waals surface area contributed by atoms with Gasteiger partial charge in [0.05, 0.1) is 0 Å². The molecule has 0 atom stereocenters. The summed E-state index contributed by atoms with van der Waals surface area (Å²) in [6, 6.07) is 37.8. The topological polar surface area (TPSA) is 0 Å². The molecule has 0 heterocycles. The van der Waals surface area contributed by atoms with Crippen LogP contribution in [0.4, 0.5) is 0 Å². The van der Waals surface area contributed by atoms with Gasteiger partial charge in [0.25, 0.3) is 0 Å². The number of fused-ring (bicyclic) bond motifs is 1. The van der Waals surface area contributed by atoms with Crippen molar-refractivity contribution in [3.63, 3.8) is 0 Å². The fraction of sp³-hybridized carbons (Fsp3) is 0.0714. The SMILES string of the molecule is C/C=C\C=C(/C)[PH](c1ccccc1)(c1ccccc1)c1cccc2ccccc12. The molecule has 4 aromatic rings. The zero-order valence-electron chi connectivity index (χ0n) is 17.0. The molecule has 0 aromatic heterocycles. The van der Waals surface area contributed by atoms with Crippen LogP contribution in [0.2, 0.25) is 0 Å².